The molecular formula is C56H56N4. The predicted octanol–water partition coefficient (Wildman–Crippen LogP) is 14.0. The molecule has 1 aromatic heterocycles. The van der Waals surface area contributed by atoms with Gasteiger partial charge in [-0.05, 0) is 156 Å². The van der Waals surface area contributed by atoms with E-state index >= 15 is 0 Å². The van der Waals surface area contributed by atoms with E-state index in [0.29, 0.717) is 22.2 Å². The topological polar surface area (TPSA) is 62.5 Å². The molecule has 0 N–H and O–H groups in total. The molecule has 8 atom stereocenters. The van der Waals surface area contributed by atoms with Gasteiger partial charge in [-0.3, -0.25) is 0 Å². The third-order valence-electron chi connectivity index (χ3n) is 16.7. The molecule has 5 aromatic carbocycles. The number of benzene rings is 5. The number of nitriles is 1. The van der Waals surface area contributed by atoms with Crippen LogP contribution in [0.4, 0.5) is 0 Å². The van der Waals surface area contributed by atoms with Gasteiger partial charge < -0.3 is 0 Å². The summed E-state index contributed by atoms with van der Waals surface area (Å²) < 4.78 is 0. The third-order valence-corrected chi connectivity index (χ3v) is 16.7. The van der Waals surface area contributed by atoms with E-state index < -0.39 is 0 Å². The summed E-state index contributed by atoms with van der Waals surface area (Å²) in [6, 6.07) is 46.0. The highest BCUT2D eigenvalue weighted by molar-refractivity contribution is 5.73. The quantitative estimate of drug-likeness (QED) is 0.154. The van der Waals surface area contributed by atoms with Crippen LogP contribution in [0.15, 0.2) is 121 Å². The molecule has 4 heteroatoms. The highest BCUT2D eigenvalue weighted by Crippen LogP contribution is 2.72. The Morgan fingerprint density at radius 1 is 0.533 bits per heavy atom. The summed E-state index contributed by atoms with van der Waals surface area (Å²) in [4.78, 5) is 15.6. The highest BCUT2D eigenvalue weighted by Gasteiger charge is 2.65. The van der Waals surface area contributed by atoms with Crippen LogP contribution in [0.3, 0.4) is 0 Å². The maximum absolute atomic E-state index is 9.20. The number of nitrogens with zero attached hydrogens (tertiary/aromatic N) is 4. The summed E-state index contributed by atoms with van der Waals surface area (Å²) in [7, 11) is 0. The summed E-state index contributed by atoms with van der Waals surface area (Å²) in [5.41, 5.74) is 12.5. The molecule has 2 unspecified atom stereocenters. The van der Waals surface area contributed by atoms with Crippen molar-refractivity contribution >= 4 is 0 Å². The fourth-order valence-electron chi connectivity index (χ4n) is 13.9. The van der Waals surface area contributed by atoms with Crippen molar-refractivity contribution in [2.24, 2.45) is 35.0 Å². The summed E-state index contributed by atoms with van der Waals surface area (Å²) >= 11 is 0. The van der Waals surface area contributed by atoms with Crippen molar-refractivity contribution in [2.75, 3.05) is 0 Å². The lowest BCUT2D eigenvalue weighted by Crippen LogP contribution is -2.42. The van der Waals surface area contributed by atoms with Crippen molar-refractivity contribution < 1.29 is 0 Å². The summed E-state index contributed by atoms with van der Waals surface area (Å²) in [6.45, 7) is 7.46. The number of hydrogen-bond acceptors (Lipinski definition) is 4. The number of hydrogen-bond donors (Lipinski definition) is 0. The minimum Gasteiger partial charge on any atom is -0.208 e. The second-order valence-corrected chi connectivity index (χ2v) is 20.3. The molecule has 11 rings (SSSR count). The van der Waals surface area contributed by atoms with Gasteiger partial charge in [0.05, 0.1) is 11.6 Å². The van der Waals surface area contributed by atoms with Gasteiger partial charge in [0, 0.05) is 16.7 Å². The van der Waals surface area contributed by atoms with Gasteiger partial charge >= 0.3 is 0 Å². The normalized spacial score (nSPS) is 30.0. The average Bonchev–Trinajstić information content (AvgIpc) is 3.80. The summed E-state index contributed by atoms with van der Waals surface area (Å²) in [5, 5.41) is 9.20. The van der Waals surface area contributed by atoms with Crippen LogP contribution >= 0.6 is 0 Å². The van der Waals surface area contributed by atoms with Crippen LogP contribution in [0.5, 0.6) is 0 Å². The number of aromatic nitrogens is 3. The molecular weight excluding hydrogens is 729 g/mol. The Hall–Kier alpha value is -5.40. The van der Waals surface area contributed by atoms with Crippen LogP contribution in [0.25, 0.3) is 56.4 Å². The second kappa shape index (κ2) is 14.4. The molecule has 5 fully saturated rings. The monoisotopic (exact) mass is 784 g/mol. The molecule has 5 aliphatic rings. The molecule has 4 bridgehead atoms. The van der Waals surface area contributed by atoms with Crippen molar-refractivity contribution in [3.05, 3.63) is 138 Å². The Morgan fingerprint density at radius 3 is 1.42 bits per heavy atom. The van der Waals surface area contributed by atoms with E-state index in [0.717, 1.165) is 80.2 Å². The molecule has 0 radical (unpaired) electrons. The van der Waals surface area contributed by atoms with Gasteiger partial charge in [-0.2, -0.15) is 5.26 Å². The van der Waals surface area contributed by atoms with Crippen LogP contribution in [0.2, 0.25) is 0 Å². The van der Waals surface area contributed by atoms with Crippen molar-refractivity contribution in [1.82, 2.24) is 15.0 Å². The molecule has 4 nitrogen and oxygen atoms in total. The standard InChI is InChI=1S/C56H56N4/c1-4-37-28-39-27-36(2)29-55(30-37,31-39)47-21-17-45(18-22-47)52-58-51(44-15-13-43(14-16-44)42-11-9-41(10-12-42)40-7-5-38(34-57)6-8-40)59-53(60-52)46-19-23-48(24-20-46)56-32-49-25-26-50(33-56)54(49,3)35-56/h5-24,36-37,39,49-50H,4,25-33,35H2,1-3H3/t36-,37+,39-,49-,50+,54-,55?,56?/m0/s1. The van der Waals surface area contributed by atoms with Gasteiger partial charge in [0.15, 0.2) is 17.5 Å². The first kappa shape index (κ1) is 37.6. The van der Waals surface area contributed by atoms with E-state index in [4.69, 9.17) is 15.0 Å². The number of rotatable bonds is 8. The van der Waals surface area contributed by atoms with Crippen molar-refractivity contribution in [3.63, 3.8) is 0 Å². The van der Waals surface area contributed by atoms with Crippen LogP contribution in [0.1, 0.15) is 108 Å². The van der Waals surface area contributed by atoms with E-state index in [9.17, 15) is 5.26 Å². The van der Waals surface area contributed by atoms with Crippen molar-refractivity contribution in [1.29, 1.82) is 5.26 Å². The van der Waals surface area contributed by atoms with Gasteiger partial charge in [-0.15, -0.1) is 0 Å². The van der Waals surface area contributed by atoms with Crippen LogP contribution in [-0.4, -0.2) is 15.0 Å². The minimum absolute atomic E-state index is 0.289. The maximum atomic E-state index is 9.20. The van der Waals surface area contributed by atoms with Gasteiger partial charge in [-0.1, -0.05) is 136 Å². The molecule has 0 saturated heterocycles. The lowest BCUT2D eigenvalue weighted by Gasteiger charge is -2.51. The van der Waals surface area contributed by atoms with Crippen LogP contribution in [-0.2, 0) is 10.8 Å². The Balaban J connectivity index is 0.921. The highest BCUT2D eigenvalue weighted by atomic mass is 15.0. The summed E-state index contributed by atoms with van der Waals surface area (Å²) in [5.74, 6) is 6.41. The third kappa shape index (κ3) is 6.34. The maximum Gasteiger partial charge on any atom is 0.164 e. The average molecular weight is 785 g/mol. The molecule has 5 aliphatic carbocycles. The van der Waals surface area contributed by atoms with E-state index in [2.05, 4.69) is 124 Å². The Morgan fingerprint density at radius 2 is 0.967 bits per heavy atom. The largest absolute Gasteiger partial charge is 0.208 e. The van der Waals surface area contributed by atoms with E-state index in [1.807, 2.05) is 24.3 Å². The number of fused-ring (bicyclic) bond motifs is 3. The molecule has 0 aliphatic heterocycles. The Kier molecular flexibility index (Phi) is 9.00. The first-order valence-corrected chi connectivity index (χ1v) is 22.9. The zero-order valence-corrected chi connectivity index (χ0v) is 35.5. The van der Waals surface area contributed by atoms with Crippen molar-refractivity contribution in [2.45, 2.75) is 102 Å². The predicted molar refractivity (Wildman–Crippen MR) is 243 cm³/mol. The summed E-state index contributed by atoms with van der Waals surface area (Å²) in [6.07, 6.45) is 14.9. The zero-order chi connectivity index (χ0) is 40.6. The van der Waals surface area contributed by atoms with E-state index in [1.165, 1.54) is 81.8 Å². The first-order valence-electron chi connectivity index (χ1n) is 22.9. The van der Waals surface area contributed by atoms with Gasteiger partial charge in [0.1, 0.15) is 0 Å². The van der Waals surface area contributed by atoms with Crippen LogP contribution in [0, 0.1) is 46.3 Å². The SMILES string of the molecule is CC[C@@H]1C[C@@H]2C[C@H](C)CC(c3ccc(-c4nc(-c5ccc(-c6ccc(-c7ccc(C#N)cc7)cc6)cc5)nc(-c5ccc(C67C[C@H]8CC[C@@H](C6)[C@]8(C)C7)cc5)n4)cc3)(C1)C2. The molecule has 60 heavy (non-hydrogen) atoms. The fourth-order valence-corrected chi connectivity index (χ4v) is 13.9. The second-order valence-electron chi connectivity index (χ2n) is 20.3. The fraction of sp³-hybridized carbons (Fsp3) is 0.393. The molecule has 0 amide bonds. The van der Waals surface area contributed by atoms with Gasteiger partial charge in [-0.25, -0.2) is 15.0 Å². The smallest absolute Gasteiger partial charge is 0.164 e. The van der Waals surface area contributed by atoms with Crippen molar-refractivity contribution in [3.8, 4) is 62.5 Å². The lowest BCUT2D eigenvalue weighted by atomic mass is 9.54. The first-order chi connectivity index (χ1) is 29.2. The Bertz CT molecular complexity index is 2560. The zero-order valence-electron chi connectivity index (χ0n) is 35.5. The lowest BCUT2D eigenvalue weighted by molar-refractivity contribution is 0.0702. The minimum atomic E-state index is 0.289. The molecule has 5 saturated carbocycles. The van der Waals surface area contributed by atoms with Gasteiger partial charge in [0.25, 0.3) is 0 Å². The van der Waals surface area contributed by atoms with Crippen LogP contribution < -0.4 is 0 Å². The molecule has 6 aromatic rings. The molecule has 1 heterocycles. The van der Waals surface area contributed by atoms with Gasteiger partial charge in [0.2, 0.25) is 0 Å². The molecule has 0 spiro atoms. The Labute approximate surface area is 356 Å². The van der Waals surface area contributed by atoms with E-state index in [-0.39, 0.29) is 5.41 Å². The van der Waals surface area contributed by atoms with E-state index in [1.54, 1.807) is 0 Å². The molecule has 300 valence electrons.